The Bertz CT molecular complexity index is 332. The molecule has 5 heteroatoms. The number of amides is 1. The van der Waals surface area contributed by atoms with Crippen LogP contribution in [0.3, 0.4) is 0 Å². The molecular weight excluding hydrogens is 232 g/mol. The molecule has 2 saturated heterocycles. The molecule has 0 aromatic rings. The highest BCUT2D eigenvalue weighted by atomic mass is 16.4. The molecule has 2 atom stereocenters. The van der Waals surface area contributed by atoms with Crippen LogP contribution in [0.2, 0.25) is 0 Å². The zero-order valence-electron chi connectivity index (χ0n) is 11.0. The van der Waals surface area contributed by atoms with Crippen LogP contribution in [0.25, 0.3) is 0 Å². The predicted octanol–water partition coefficient (Wildman–Crippen LogP) is 0.936. The van der Waals surface area contributed by atoms with Crippen molar-refractivity contribution in [1.29, 1.82) is 0 Å². The van der Waals surface area contributed by atoms with E-state index >= 15 is 0 Å². The Morgan fingerprint density at radius 1 is 1.17 bits per heavy atom. The van der Waals surface area contributed by atoms with Gasteiger partial charge in [0.2, 0.25) is 5.91 Å². The van der Waals surface area contributed by atoms with E-state index in [1.54, 1.807) is 0 Å². The van der Waals surface area contributed by atoms with Crippen LogP contribution in [-0.2, 0) is 9.59 Å². The van der Waals surface area contributed by atoms with Gasteiger partial charge >= 0.3 is 5.97 Å². The molecule has 0 aliphatic carbocycles. The first-order valence-corrected chi connectivity index (χ1v) is 6.79. The zero-order valence-corrected chi connectivity index (χ0v) is 11.0. The third kappa shape index (κ3) is 3.02. The first kappa shape index (κ1) is 13.3. The molecule has 0 saturated carbocycles. The summed E-state index contributed by atoms with van der Waals surface area (Å²) in [4.78, 5) is 26.8. The summed E-state index contributed by atoms with van der Waals surface area (Å²) in [6.45, 7) is 1.65. The third-order valence-electron chi connectivity index (χ3n) is 4.28. The van der Waals surface area contributed by atoms with Crippen molar-refractivity contribution in [2.45, 2.75) is 50.6 Å². The van der Waals surface area contributed by atoms with Crippen LogP contribution in [0.1, 0.15) is 38.5 Å². The second kappa shape index (κ2) is 5.69. The number of fused-ring (bicyclic) bond motifs is 2. The van der Waals surface area contributed by atoms with Gasteiger partial charge in [-0.1, -0.05) is 0 Å². The number of carboxylic acid groups (broad SMARTS) is 1. The molecule has 2 bridgehead atoms. The van der Waals surface area contributed by atoms with Crippen molar-refractivity contribution >= 4 is 11.9 Å². The summed E-state index contributed by atoms with van der Waals surface area (Å²) in [7, 11) is 2.15. The number of carbonyl (C=O) groups is 2. The molecule has 2 heterocycles. The van der Waals surface area contributed by atoms with Crippen LogP contribution in [-0.4, -0.2) is 59.0 Å². The van der Waals surface area contributed by atoms with Crippen LogP contribution in [0, 0.1) is 0 Å². The Labute approximate surface area is 108 Å². The molecular formula is C13H22N2O3. The van der Waals surface area contributed by atoms with E-state index in [0.29, 0.717) is 24.9 Å². The lowest BCUT2D eigenvalue weighted by Crippen LogP contribution is -2.39. The number of hydrogen-bond acceptors (Lipinski definition) is 3. The van der Waals surface area contributed by atoms with E-state index in [0.717, 1.165) is 19.5 Å². The lowest BCUT2D eigenvalue weighted by atomic mass is 10.1. The van der Waals surface area contributed by atoms with Gasteiger partial charge in [0.05, 0.1) is 0 Å². The van der Waals surface area contributed by atoms with Gasteiger partial charge in [-0.2, -0.15) is 0 Å². The molecule has 0 aromatic carbocycles. The molecule has 0 radical (unpaired) electrons. The van der Waals surface area contributed by atoms with Crippen molar-refractivity contribution in [3.05, 3.63) is 0 Å². The average molecular weight is 254 g/mol. The number of carbonyl (C=O) groups excluding carboxylic acids is 1. The van der Waals surface area contributed by atoms with E-state index in [4.69, 9.17) is 5.11 Å². The molecule has 1 amide bonds. The van der Waals surface area contributed by atoms with Gasteiger partial charge < -0.3 is 10.0 Å². The van der Waals surface area contributed by atoms with Gasteiger partial charge in [-0.05, 0) is 32.7 Å². The van der Waals surface area contributed by atoms with E-state index in [-0.39, 0.29) is 12.3 Å². The van der Waals surface area contributed by atoms with E-state index in [2.05, 4.69) is 11.9 Å². The summed E-state index contributed by atoms with van der Waals surface area (Å²) in [5.41, 5.74) is 0. The van der Waals surface area contributed by atoms with Gasteiger partial charge in [0, 0.05) is 38.0 Å². The molecule has 18 heavy (non-hydrogen) atoms. The predicted molar refractivity (Wildman–Crippen MR) is 67.3 cm³/mol. The quantitative estimate of drug-likeness (QED) is 0.811. The lowest BCUT2D eigenvalue weighted by Gasteiger charge is -2.25. The molecule has 102 valence electrons. The highest BCUT2D eigenvalue weighted by molar-refractivity contribution is 5.77. The third-order valence-corrected chi connectivity index (χ3v) is 4.28. The maximum absolute atomic E-state index is 12.0. The summed E-state index contributed by atoms with van der Waals surface area (Å²) < 4.78 is 0. The fourth-order valence-electron chi connectivity index (χ4n) is 3.08. The minimum Gasteiger partial charge on any atom is -0.481 e. The van der Waals surface area contributed by atoms with Gasteiger partial charge in [0.25, 0.3) is 0 Å². The molecule has 0 spiro atoms. The average Bonchev–Trinajstić information content (AvgIpc) is 2.52. The van der Waals surface area contributed by atoms with Crippen LogP contribution in [0.4, 0.5) is 0 Å². The number of carboxylic acids is 1. The number of likely N-dealkylation sites (N-methyl/N-ethyl adjacent to an activating group) is 1. The number of hydrogen-bond donors (Lipinski definition) is 1. The monoisotopic (exact) mass is 254 g/mol. The summed E-state index contributed by atoms with van der Waals surface area (Å²) >= 11 is 0. The number of rotatable bonds is 4. The molecule has 2 unspecified atom stereocenters. The van der Waals surface area contributed by atoms with E-state index in [1.807, 2.05) is 4.90 Å². The number of nitrogens with zero attached hydrogens (tertiary/aromatic N) is 2. The summed E-state index contributed by atoms with van der Waals surface area (Å²) in [6.07, 6.45) is 4.40. The maximum Gasteiger partial charge on any atom is 0.303 e. The molecule has 0 aromatic heterocycles. The summed E-state index contributed by atoms with van der Waals surface area (Å²) in [5, 5.41) is 8.57. The molecule has 2 aliphatic heterocycles. The summed E-state index contributed by atoms with van der Waals surface area (Å²) in [6, 6.07) is 1.13. The van der Waals surface area contributed by atoms with Crippen molar-refractivity contribution in [1.82, 2.24) is 9.80 Å². The fourth-order valence-corrected chi connectivity index (χ4v) is 3.08. The van der Waals surface area contributed by atoms with E-state index < -0.39 is 5.97 Å². The Balaban J connectivity index is 1.82. The van der Waals surface area contributed by atoms with E-state index in [9.17, 15) is 9.59 Å². The topological polar surface area (TPSA) is 60.9 Å². The van der Waals surface area contributed by atoms with Crippen molar-refractivity contribution in [2.75, 3.05) is 20.1 Å². The van der Waals surface area contributed by atoms with E-state index in [1.165, 1.54) is 12.8 Å². The second-order valence-corrected chi connectivity index (χ2v) is 5.43. The highest BCUT2D eigenvalue weighted by Crippen LogP contribution is 2.28. The van der Waals surface area contributed by atoms with Gasteiger partial charge in [0.1, 0.15) is 0 Å². The van der Waals surface area contributed by atoms with Crippen molar-refractivity contribution in [3.8, 4) is 0 Å². The van der Waals surface area contributed by atoms with Gasteiger partial charge in [-0.15, -0.1) is 0 Å². The molecule has 2 fully saturated rings. The smallest absolute Gasteiger partial charge is 0.303 e. The molecule has 5 nitrogen and oxygen atoms in total. The van der Waals surface area contributed by atoms with Gasteiger partial charge in [-0.25, -0.2) is 0 Å². The van der Waals surface area contributed by atoms with Crippen molar-refractivity contribution in [3.63, 3.8) is 0 Å². The maximum atomic E-state index is 12.0. The number of aliphatic carboxylic acids is 1. The minimum atomic E-state index is -0.822. The largest absolute Gasteiger partial charge is 0.481 e. The zero-order chi connectivity index (χ0) is 13.1. The van der Waals surface area contributed by atoms with Crippen molar-refractivity contribution in [2.24, 2.45) is 0 Å². The normalized spacial score (nSPS) is 28.2. The van der Waals surface area contributed by atoms with Gasteiger partial charge in [-0.3, -0.25) is 14.5 Å². The standard InChI is InChI=1S/C13H22N2O3/c1-14-10-5-6-11(14)9-15(8-7-10)12(16)3-2-4-13(17)18/h10-11H,2-9H2,1H3,(H,17,18). The molecule has 1 N–H and O–H groups in total. The second-order valence-electron chi connectivity index (χ2n) is 5.43. The Morgan fingerprint density at radius 3 is 2.61 bits per heavy atom. The SMILES string of the molecule is CN1C2CCC1CN(C(=O)CCCC(=O)O)CC2. The van der Waals surface area contributed by atoms with Gasteiger partial charge in [0.15, 0.2) is 0 Å². The Kier molecular flexibility index (Phi) is 4.22. The van der Waals surface area contributed by atoms with Crippen molar-refractivity contribution < 1.29 is 14.7 Å². The van der Waals surface area contributed by atoms with Crippen LogP contribution < -0.4 is 0 Å². The van der Waals surface area contributed by atoms with Crippen LogP contribution >= 0.6 is 0 Å². The number of likely N-dealkylation sites (tertiary alicyclic amines) is 1. The first-order chi connectivity index (χ1) is 8.58. The van der Waals surface area contributed by atoms with Crippen LogP contribution in [0.5, 0.6) is 0 Å². The Morgan fingerprint density at radius 2 is 1.89 bits per heavy atom. The molecule has 2 rings (SSSR count). The lowest BCUT2D eigenvalue weighted by molar-refractivity contribution is -0.137. The summed E-state index contributed by atoms with van der Waals surface area (Å²) in [5.74, 6) is -0.699. The van der Waals surface area contributed by atoms with Crippen LogP contribution in [0.15, 0.2) is 0 Å². The highest BCUT2D eigenvalue weighted by Gasteiger charge is 2.35. The minimum absolute atomic E-state index is 0.0888. The fraction of sp³-hybridized carbons (Fsp3) is 0.846. The Hall–Kier alpha value is -1.10. The first-order valence-electron chi connectivity index (χ1n) is 6.79. The molecule has 2 aliphatic rings.